The molecule has 0 radical (unpaired) electrons. The molecule has 1 amide bonds. The molecule has 1 aromatic heterocycles. The van der Waals surface area contributed by atoms with Crippen LogP contribution in [0.5, 0.6) is 0 Å². The van der Waals surface area contributed by atoms with E-state index < -0.39 is 11.7 Å². The number of nitrogens with one attached hydrogen (secondary N) is 1. The fourth-order valence-electron chi connectivity index (χ4n) is 2.58. The minimum atomic E-state index is -4.36. The van der Waals surface area contributed by atoms with E-state index in [0.29, 0.717) is 34.8 Å². The zero-order chi connectivity index (χ0) is 20.1. The van der Waals surface area contributed by atoms with E-state index in [2.05, 4.69) is 10.3 Å². The van der Waals surface area contributed by atoms with E-state index in [1.807, 2.05) is 0 Å². The molecule has 1 heterocycles. The van der Waals surface area contributed by atoms with Gasteiger partial charge in [-0.15, -0.1) is 11.3 Å². The summed E-state index contributed by atoms with van der Waals surface area (Å²) >= 11 is 1.33. The van der Waals surface area contributed by atoms with Gasteiger partial charge in [0.15, 0.2) is 0 Å². The molecule has 0 unspecified atom stereocenters. The van der Waals surface area contributed by atoms with Crippen LogP contribution < -0.4 is 5.32 Å². The van der Waals surface area contributed by atoms with Gasteiger partial charge in [-0.05, 0) is 36.2 Å². The van der Waals surface area contributed by atoms with Crippen molar-refractivity contribution in [3.05, 3.63) is 76.5 Å². The first-order chi connectivity index (χ1) is 13.3. The maximum atomic E-state index is 13.3. The van der Waals surface area contributed by atoms with Gasteiger partial charge in [-0.25, -0.2) is 9.37 Å². The van der Waals surface area contributed by atoms with E-state index in [-0.39, 0.29) is 18.1 Å². The van der Waals surface area contributed by atoms with Gasteiger partial charge in [-0.1, -0.05) is 24.3 Å². The molecule has 0 saturated heterocycles. The minimum absolute atomic E-state index is 0.0822. The van der Waals surface area contributed by atoms with Crippen molar-refractivity contribution in [1.82, 2.24) is 10.3 Å². The summed E-state index contributed by atoms with van der Waals surface area (Å²) in [5, 5.41) is 5.10. The summed E-state index contributed by atoms with van der Waals surface area (Å²) in [4.78, 5) is 16.4. The van der Waals surface area contributed by atoms with Crippen molar-refractivity contribution in [1.29, 1.82) is 0 Å². The van der Waals surface area contributed by atoms with Crippen molar-refractivity contribution >= 4 is 17.2 Å². The Morgan fingerprint density at radius 2 is 1.86 bits per heavy atom. The fraction of sp³-hybridized carbons (Fsp3) is 0.200. The van der Waals surface area contributed by atoms with Gasteiger partial charge in [-0.2, -0.15) is 13.2 Å². The summed E-state index contributed by atoms with van der Waals surface area (Å²) in [6.45, 7) is 0.311. The zero-order valence-corrected chi connectivity index (χ0v) is 15.4. The largest absolute Gasteiger partial charge is 0.416 e. The minimum Gasteiger partial charge on any atom is -0.355 e. The molecule has 0 spiro atoms. The first-order valence-corrected chi connectivity index (χ1v) is 9.32. The molecule has 0 aliphatic carbocycles. The maximum Gasteiger partial charge on any atom is 0.416 e. The number of amides is 1. The predicted molar refractivity (Wildman–Crippen MR) is 99.4 cm³/mol. The molecule has 3 aromatic rings. The third-order valence-electron chi connectivity index (χ3n) is 3.98. The summed E-state index contributed by atoms with van der Waals surface area (Å²) in [6, 6.07) is 10.9. The Kier molecular flexibility index (Phi) is 6.08. The Morgan fingerprint density at radius 1 is 1.11 bits per heavy atom. The molecule has 0 fully saturated rings. The molecule has 0 aliphatic heterocycles. The van der Waals surface area contributed by atoms with Crippen LogP contribution in [0.4, 0.5) is 17.6 Å². The number of nitrogens with zero attached hydrogens (tertiary/aromatic N) is 1. The number of aromatic nitrogens is 1. The summed E-state index contributed by atoms with van der Waals surface area (Å²) in [5.74, 6) is -0.585. The molecule has 8 heteroatoms. The number of benzene rings is 2. The molecule has 0 saturated carbocycles. The number of rotatable bonds is 6. The Balaban J connectivity index is 1.48. The van der Waals surface area contributed by atoms with Gasteiger partial charge in [0.05, 0.1) is 17.7 Å². The van der Waals surface area contributed by atoms with Gasteiger partial charge in [0.1, 0.15) is 10.8 Å². The first-order valence-electron chi connectivity index (χ1n) is 8.44. The quantitative estimate of drug-likeness (QED) is 0.592. The molecule has 3 rings (SSSR count). The van der Waals surface area contributed by atoms with Crippen molar-refractivity contribution in [2.75, 3.05) is 6.54 Å². The normalized spacial score (nSPS) is 11.4. The third-order valence-corrected chi connectivity index (χ3v) is 4.92. The summed E-state index contributed by atoms with van der Waals surface area (Å²) in [6.07, 6.45) is -3.85. The van der Waals surface area contributed by atoms with Gasteiger partial charge in [0, 0.05) is 17.5 Å². The average Bonchev–Trinajstić information content (AvgIpc) is 3.10. The second-order valence-electron chi connectivity index (χ2n) is 6.13. The molecule has 28 heavy (non-hydrogen) atoms. The molecular formula is C20H16F4N2OS. The molecule has 0 aliphatic rings. The Bertz CT molecular complexity index is 951. The Morgan fingerprint density at radius 3 is 2.54 bits per heavy atom. The zero-order valence-electron chi connectivity index (χ0n) is 14.6. The lowest BCUT2D eigenvalue weighted by atomic mass is 10.1. The molecular weight excluding hydrogens is 392 g/mol. The summed E-state index contributed by atoms with van der Waals surface area (Å²) in [7, 11) is 0. The topological polar surface area (TPSA) is 42.0 Å². The molecule has 0 bridgehead atoms. The predicted octanol–water partition coefficient (Wildman–Crippen LogP) is 4.87. The van der Waals surface area contributed by atoms with Crippen molar-refractivity contribution in [2.45, 2.75) is 19.0 Å². The molecule has 3 nitrogen and oxygen atoms in total. The second kappa shape index (κ2) is 8.52. The highest BCUT2D eigenvalue weighted by molar-refractivity contribution is 7.13. The lowest BCUT2D eigenvalue weighted by Gasteiger charge is -2.08. The number of thiazole rings is 1. The lowest BCUT2D eigenvalue weighted by molar-refractivity contribution is -0.137. The fourth-order valence-corrected chi connectivity index (χ4v) is 3.39. The van der Waals surface area contributed by atoms with E-state index >= 15 is 0 Å². The van der Waals surface area contributed by atoms with Crippen molar-refractivity contribution in [3.63, 3.8) is 0 Å². The first kappa shape index (κ1) is 20.0. The van der Waals surface area contributed by atoms with Gasteiger partial charge in [0.2, 0.25) is 5.91 Å². The van der Waals surface area contributed by atoms with Crippen LogP contribution in [0.2, 0.25) is 0 Å². The number of halogens is 4. The maximum absolute atomic E-state index is 13.3. The average molecular weight is 408 g/mol. The standard InChI is InChI=1S/C20H16F4N2OS/c21-16-3-1-2-14(10-16)19-26-17(12-28-19)11-18(27)25-9-8-13-4-6-15(7-5-13)20(22,23)24/h1-7,10,12H,8-9,11H2,(H,25,27). The van der Waals surface area contributed by atoms with Crippen LogP contribution in [-0.4, -0.2) is 17.4 Å². The van der Waals surface area contributed by atoms with Crippen LogP contribution in [0.15, 0.2) is 53.9 Å². The lowest BCUT2D eigenvalue weighted by Crippen LogP contribution is -2.27. The molecule has 0 atom stereocenters. The van der Waals surface area contributed by atoms with Crippen LogP contribution >= 0.6 is 11.3 Å². The number of hydrogen-bond acceptors (Lipinski definition) is 3. The molecule has 2 aromatic carbocycles. The summed E-state index contributed by atoms with van der Waals surface area (Å²) < 4.78 is 50.9. The van der Waals surface area contributed by atoms with Crippen molar-refractivity contribution in [2.24, 2.45) is 0 Å². The van der Waals surface area contributed by atoms with E-state index in [9.17, 15) is 22.4 Å². The van der Waals surface area contributed by atoms with Gasteiger partial charge in [-0.3, -0.25) is 4.79 Å². The van der Waals surface area contributed by atoms with Crippen LogP contribution in [0.3, 0.4) is 0 Å². The SMILES string of the molecule is O=C(Cc1csc(-c2cccc(F)c2)n1)NCCc1ccc(C(F)(F)F)cc1. The number of carbonyl (C=O) groups is 1. The number of alkyl halides is 3. The smallest absolute Gasteiger partial charge is 0.355 e. The molecule has 1 N–H and O–H groups in total. The van der Waals surface area contributed by atoms with Crippen LogP contribution in [0, 0.1) is 5.82 Å². The van der Waals surface area contributed by atoms with E-state index in [4.69, 9.17) is 0 Å². The number of carbonyl (C=O) groups excluding carboxylic acids is 1. The van der Waals surface area contributed by atoms with Crippen molar-refractivity contribution in [3.8, 4) is 10.6 Å². The van der Waals surface area contributed by atoms with Crippen LogP contribution in [0.25, 0.3) is 10.6 Å². The van der Waals surface area contributed by atoms with E-state index in [1.165, 1.54) is 35.6 Å². The highest BCUT2D eigenvalue weighted by Crippen LogP contribution is 2.29. The molecule has 146 valence electrons. The van der Waals surface area contributed by atoms with E-state index in [0.717, 1.165) is 12.1 Å². The van der Waals surface area contributed by atoms with Crippen molar-refractivity contribution < 1.29 is 22.4 Å². The monoisotopic (exact) mass is 408 g/mol. The summed E-state index contributed by atoms with van der Waals surface area (Å²) in [5.41, 5.74) is 1.24. The number of hydrogen-bond donors (Lipinski definition) is 1. The van der Waals surface area contributed by atoms with Crippen LogP contribution in [-0.2, 0) is 23.8 Å². The Hall–Kier alpha value is -2.74. The highest BCUT2D eigenvalue weighted by atomic mass is 32.1. The highest BCUT2D eigenvalue weighted by Gasteiger charge is 2.29. The van der Waals surface area contributed by atoms with Gasteiger partial charge >= 0.3 is 6.18 Å². The third kappa shape index (κ3) is 5.39. The van der Waals surface area contributed by atoms with Crippen LogP contribution in [0.1, 0.15) is 16.8 Å². The second-order valence-corrected chi connectivity index (χ2v) is 6.98. The van der Waals surface area contributed by atoms with Gasteiger partial charge in [0.25, 0.3) is 0 Å². The van der Waals surface area contributed by atoms with E-state index in [1.54, 1.807) is 17.5 Å². The Labute approximate surface area is 163 Å². The van der Waals surface area contributed by atoms with Gasteiger partial charge < -0.3 is 5.32 Å².